The summed E-state index contributed by atoms with van der Waals surface area (Å²) in [6.07, 6.45) is 3.41. The second-order valence-electron chi connectivity index (χ2n) is 2.82. The molecule has 1 aromatic carbocycles. The summed E-state index contributed by atoms with van der Waals surface area (Å²) in [6.45, 7) is 0.298. The molecule has 0 amide bonds. The zero-order valence-corrected chi connectivity index (χ0v) is 6.73. The van der Waals surface area contributed by atoms with E-state index in [2.05, 4.69) is 10.2 Å². The molecule has 0 saturated carbocycles. The van der Waals surface area contributed by atoms with Gasteiger partial charge in [0.25, 0.3) is 0 Å². The average Bonchev–Trinajstić information content (AvgIpc) is 2.61. The molecule has 0 N–H and O–H groups in total. The van der Waals surface area contributed by atoms with Crippen LogP contribution in [0.25, 0.3) is 10.8 Å². The van der Waals surface area contributed by atoms with Crippen LogP contribution in [0.3, 0.4) is 0 Å². The minimum atomic E-state index is 0.298. The Morgan fingerprint density at radius 1 is 0.923 bits per heavy atom. The minimum Gasteiger partial charge on any atom is -0.454 e. The molecule has 0 spiro atoms. The summed E-state index contributed by atoms with van der Waals surface area (Å²) in [7, 11) is 0. The van der Waals surface area contributed by atoms with Gasteiger partial charge in [-0.25, -0.2) is 0 Å². The number of rotatable bonds is 0. The number of benzene rings is 1. The van der Waals surface area contributed by atoms with Gasteiger partial charge in [-0.05, 0) is 12.1 Å². The van der Waals surface area contributed by atoms with E-state index in [0.29, 0.717) is 6.79 Å². The first kappa shape index (κ1) is 6.65. The van der Waals surface area contributed by atoms with E-state index >= 15 is 0 Å². The molecule has 2 heterocycles. The van der Waals surface area contributed by atoms with E-state index in [4.69, 9.17) is 9.47 Å². The first-order valence-electron chi connectivity index (χ1n) is 3.93. The summed E-state index contributed by atoms with van der Waals surface area (Å²) >= 11 is 0. The van der Waals surface area contributed by atoms with Crippen LogP contribution >= 0.6 is 0 Å². The smallest absolute Gasteiger partial charge is 0.231 e. The van der Waals surface area contributed by atoms with Crippen LogP contribution in [0.2, 0.25) is 0 Å². The van der Waals surface area contributed by atoms with E-state index in [-0.39, 0.29) is 0 Å². The molecule has 64 valence electrons. The molecule has 0 fully saturated rings. The van der Waals surface area contributed by atoms with Gasteiger partial charge in [-0.1, -0.05) is 0 Å². The van der Waals surface area contributed by atoms with Crippen molar-refractivity contribution in [3.63, 3.8) is 0 Å². The van der Waals surface area contributed by atoms with E-state index in [9.17, 15) is 0 Å². The van der Waals surface area contributed by atoms with Crippen LogP contribution in [-0.2, 0) is 0 Å². The molecular weight excluding hydrogens is 168 g/mol. The van der Waals surface area contributed by atoms with Crippen molar-refractivity contribution in [2.24, 2.45) is 0 Å². The second-order valence-corrected chi connectivity index (χ2v) is 2.82. The fraction of sp³-hybridized carbons (Fsp3) is 0.111. The maximum Gasteiger partial charge on any atom is 0.231 e. The lowest BCUT2D eigenvalue weighted by Gasteiger charge is -1.98. The maximum atomic E-state index is 5.24. The zero-order chi connectivity index (χ0) is 8.67. The van der Waals surface area contributed by atoms with Gasteiger partial charge in [0, 0.05) is 10.8 Å². The predicted octanol–water partition coefficient (Wildman–Crippen LogP) is 1.36. The van der Waals surface area contributed by atoms with E-state index in [1.165, 1.54) is 0 Å². The van der Waals surface area contributed by atoms with Crippen molar-refractivity contribution in [2.75, 3.05) is 6.79 Å². The second kappa shape index (κ2) is 2.32. The van der Waals surface area contributed by atoms with Gasteiger partial charge in [-0.3, -0.25) is 0 Å². The summed E-state index contributed by atoms with van der Waals surface area (Å²) in [5.74, 6) is 1.56. The molecule has 4 nitrogen and oxygen atoms in total. The van der Waals surface area contributed by atoms with Gasteiger partial charge >= 0.3 is 0 Å². The highest BCUT2D eigenvalue weighted by molar-refractivity contribution is 5.84. The van der Waals surface area contributed by atoms with Gasteiger partial charge in [0.1, 0.15) is 0 Å². The number of hydrogen-bond donors (Lipinski definition) is 0. The molecule has 1 aliphatic heterocycles. The van der Waals surface area contributed by atoms with E-state index in [0.717, 1.165) is 22.3 Å². The van der Waals surface area contributed by atoms with Gasteiger partial charge in [0.05, 0.1) is 12.4 Å². The highest BCUT2D eigenvalue weighted by atomic mass is 16.7. The minimum absolute atomic E-state index is 0.298. The first-order chi connectivity index (χ1) is 6.43. The van der Waals surface area contributed by atoms with Crippen molar-refractivity contribution < 1.29 is 9.47 Å². The molecule has 1 aromatic heterocycles. The van der Waals surface area contributed by atoms with E-state index in [1.54, 1.807) is 12.4 Å². The Kier molecular flexibility index (Phi) is 1.19. The Hall–Kier alpha value is -1.84. The zero-order valence-electron chi connectivity index (χ0n) is 6.73. The molecule has 0 radical (unpaired) electrons. The highest BCUT2D eigenvalue weighted by Crippen LogP contribution is 2.35. The Morgan fingerprint density at radius 2 is 1.46 bits per heavy atom. The summed E-state index contributed by atoms with van der Waals surface area (Å²) < 4.78 is 10.5. The van der Waals surface area contributed by atoms with Crippen LogP contribution in [0.15, 0.2) is 24.5 Å². The van der Waals surface area contributed by atoms with Gasteiger partial charge in [0.15, 0.2) is 11.5 Å². The summed E-state index contributed by atoms with van der Waals surface area (Å²) in [4.78, 5) is 0. The SMILES string of the molecule is c1nncc2cc3c(cc12)OCO3. The molecule has 0 aliphatic carbocycles. The molecule has 4 heteroatoms. The monoisotopic (exact) mass is 174 g/mol. The lowest BCUT2D eigenvalue weighted by molar-refractivity contribution is 0.174. The maximum absolute atomic E-state index is 5.24. The fourth-order valence-electron chi connectivity index (χ4n) is 1.39. The average molecular weight is 174 g/mol. The molecule has 0 atom stereocenters. The Bertz CT molecular complexity index is 428. The number of aromatic nitrogens is 2. The van der Waals surface area contributed by atoms with Gasteiger partial charge in [-0.2, -0.15) is 10.2 Å². The number of hydrogen-bond acceptors (Lipinski definition) is 4. The lowest BCUT2D eigenvalue weighted by atomic mass is 10.2. The quantitative estimate of drug-likeness (QED) is 0.604. The van der Waals surface area contributed by atoms with Crippen LogP contribution in [-0.4, -0.2) is 17.0 Å². The first-order valence-corrected chi connectivity index (χ1v) is 3.93. The van der Waals surface area contributed by atoms with Crippen molar-refractivity contribution >= 4 is 10.8 Å². The third-order valence-electron chi connectivity index (χ3n) is 2.04. The number of ether oxygens (including phenoxy) is 2. The standard InChI is InChI=1S/C9H6N2O2/c1-6-3-10-11-4-7(6)2-9-8(1)12-5-13-9/h1-4H,5H2. The van der Waals surface area contributed by atoms with Crippen LogP contribution in [0, 0.1) is 0 Å². The molecule has 0 bridgehead atoms. The van der Waals surface area contributed by atoms with Gasteiger partial charge in [0.2, 0.25) is 6.79 Å². The summed E-state index contributed by atoms with van der Waals surface area (Å²) in [6, 6.07) is 3.82. The third kappa shape index (κ3) is 0.917. The molecule has 2 aromatic rings. The van der Waals surface area contributed by atoms with Crippen molar-refractivity contribution in [1.82, 2.24) is 10.2 Å². The van der Waals surface area contributed by atoms with Gasteiger partial charge < -0.3 is 9.47 Å². The molecule has 1 aliphatic rings. The van der Waals surface area contributed by atoms with Crippen molar-refractivity contribution in [3.05, 3.63) is 24.5 Å². The van der Waals surface area contributed by atoms with Gasteiger partial charge in [-0.15, -0.1) is 0 Å². The van der Waals surface area contributed by atoms with Crippen LogP contribution < -0.4 is 9.47 Å². The van der Waals surface area contributed by atoms with E-state index in [1.807, 2.05) is 12.1 Å². The van der Waals surface area contributed by atoms with E-state index < -0.39 is 0 Å². The number of fused-ring (bicyclic) bond motifs is 2. The molecule has 3 rings (SSSR count). The Balaban J connectivity index is 2.36. The molecule has 0 saturated heterocycles. The predicted molar refractivity (Wildman–Crippen MR) is 45.7 cm³/mol. The fourth-order valence-corrected chi connectivity index (χ4v) is 1.39. The van der Waals surface area contributed by atoms with Crippen molar-refractivity contribution in [1.29, 1.82) is 0 Å². The Morgan fingerprint density at radius 3 is 2.00 bits per heavy atom. The lowest BCUT2D eigenvalue weighted by Crippen LogP contribution is -1.92. The van der Waals surface area contributed by atoms with Crippen molar-refractivity contribution in [3.8, 4) is 11.5 Å². The third-order valence-corrected chi connectivity index (χ3v) is 2.04. The number of nitrogens with zero attached hydrogens (tertiary/aromatic N) is 2. The topological polar surface area (TPSA) is 44.2 Å². The molecule has 13 heavy (non-hydrogen) atoms. The largest absolute Gasteiger partial charge is 0.454 e. The summed E-state index contributed by atoms with van der Waals surface area (Å²) in [5, 5.41) is 9.61. The Labute approximate surface area is 74.1 Å². The highest BCUT2D eigenvalue weighted by Gasteiger charge is 2.13. The molecule has 0 unspecified atom stereocenters. The van der Waals surface area contributed by atoms with Crippen molar-refractivity contribution in [2.45, 2.75) is 0 Å². The molecular formula is C9H6N2O2. The van der Waals surface area contributed by atoms with Crippen LogP contribution in [0.4, 0.5) is 0 Å². The van der Waals surface area contributed by atoms with Crippen LogP contribution in [0.1, 0.15) is 0 Å². The summed E-state index contributed by atoms with van der Waals surface area (Å²) in [5.41, 5.74) is 0. The normalized spacial score (nSPS) is 13.5. The van der Waals surface area contributed by atoms with Crippen LogP contribution in [0.5, 0.6) is 11.5 Å².